The Morgan fingerprint density at radius 1 is 1.03 bits per heavy atom. The van der Waals surface area contributed by atoms with Gasteiger partial charge in [-0.25, -0.2) is 19.6 Å². The minimum absolute atomic E-state index is 0.130. The number of benzene rings is 1. The normalized spacial score (nSPS) is 16.5. The topological polar surface area (TPSA) is 110 Å². The molecule has 0 saturated carbocycles. The molecule has 0 radical (unpaired) electrons. The van der Waals surface area contributed by atoms with Crippen LogP contribution in [0.5, 0.6) is 11.5 Å². The third kappa shape index (κ3) is 3.98. The number of imidazole rings is 1. The minimum Gasteiger partial charge on any atom is -0.454 e. The Bertz CT molecular complexity index is 1680. The summed E-state index contributed by atoms with van der Waals surface area (Å²) < 4.78 is 37.6. The van der Waals surface area contributed by atoms with E-state index in [2.05, 4.69) is 36.9 Å². The van der Waals surface area contributed by atoms with Gasteiger partial charge in [0.05, 0.1) is 23.0 Å². The molecule has 12 heteroatoms. The molecule has 1 fully saturated rings. The largest absolute Gasteiger partial charge is 0.454 e. The molecular weight excluding hydrogens is 506 g/mol. The first-order chi connectivity index (χ1) is 18.9. The van der Waals surface area contributed by atoms with Crippen molar-refractivity contribution in [1.29, 1.82) is 0 Å². The summed E-state index contributed by atoms with van der Waals surface area (Å²) in [7, 11) is 0. The molecular formula is C27H26F2N8O2. The number of hydrogen-bond acceptors (Lipinski definition) is 7. The fraction of sp³-hybridized carbons (Fsp3) is 0.333. The summed E-state index contributed by atoms with van der Waals surface area (Å²) in [6.45, 7) is 3.41. The third-order valence-electron chi connectivity index (χ3n) is 7.79. The molecule has 6 heterocycles. The maximum atomic E-state index is 13.0. The molecule has 0 atom stereocenters. The van der Waals surface area contributed by atoms with Crippen molar-refractivity contribution in [1.82, 2.24) is 34.7 Å². The van der Waals surface area contributed by atoms with Gasteiger partial charge in [0.2, 0.25) is 6.79 Å². The Morgan fingerprint density at radius 3 is 2.64 bits per heavy atom. The molecule has 39 heavy (non-hydrogen) atoms. The number of fused-ring (bicyclic) bond motifs is 2. The molecule has 0 aliphatic carbocycles. The molecule has 2 aliphatic heterocycles. The lowest BCUT2D eigenvalue weighted by atomic mass is 9.79. The number of anilines is 1. The van der Waals surface area contributed by atoms with E-state index in [9.17, 15) is 8.78 Å². The minimum atomic E-state index is -2.69. The zero-order valence-corrected chi connectivity index (χ0v) is 21.4. The zero-order chi connectivity index (χ0) is 26.7. The summed E-state index contributed by atoms with van der Waals surface area (Å²) in [5.74, 6) is 3.29. The van der Waals surface area contributed by atoms with Crippen molar-refractivity contribution < 1.29 is 18.3 Å². The van der Waals surface area contributed by atoms with Crippen LogP contribution in [0.2, 0.25) is 0 Å². The number of aryl methyl sites for hydroxylation is 1. The van der Waals surface area contributed by atoms with Crippen molar-refractivity contribution in [3.8, 4) is 34.0 Å². The number of hydrogen-bond donors (Lipinski definition) is 2. The van der Waals surface area contributed by atoms with Gasteiger partial charge in [0.15, 0.2) is 11.5 Å². The van der Waals surface area contributed by atoms with E-state index in [4.69, 9.17) is 14.5 Å². The highest BCUT2D eigenvalue weighted by Gasteiger charge is 2.36. The molecule has 7 rings (SSSR count). The number of aromatic nitrogens is 7. The van der Waals surface area contributed by atoms with E-state index in [1.807, 2.05) is 31.2 Å². The molecule has 1 aromatic carbocycles. The predicted octanol–water partition coefficient (Wildman–Crippen LogP) is 5.20. The number of nitrogens with one attached hydrogen (secondary N) is 2. The standard InChI is InChI=1S/C27H26F2N8O2/c1-15-22(16-3-4-20-21(9-16)39-14-38-20)35-25(33-15)27(2)5-7-36(8-6-27)24-18-10-19(34-23(18)30-13-31-24)17-11-32-37(12-17)26(28)29/h3-4,9-13,26H,5-8,14H2,1-2H3,(H,33,35)(H,30,31,34). The van der Waals surface area contributed by atoms with Crippen LogP contribution in [0.3, 0.4) is 0 Å². The lowest BCUT2D eigenvalue weighted by Gasteiger charge is -2.38. The van der Waals surface area contributed by atoms with Crippen molar-refractivity contribution in [2.75, 3.05) is 24.8 Å². The van der Waals surface area contributed by atoms with Crippen LogP contribution in [0.4, 0.5) is 14.6 Å². The zero-order valence-electron chi connectivity index (χ0n) is 21.4. The monoisotopic (exact) mass is 532 g/mol. The molecule has 0 spiro atoms. The third-order valence-corrected chi connectivity index (χ3v) is 7.79. The molecule has 10 nitrogen and oxygen atoms in total. The maximum absolute atomic E-state index is 13.0. The fourth-order valence-electron chi connectivity index (χ4n) is 5.44. The van der Waals surface area contributed by atoms with E-state index >= 15 is 0 Å². The first-order valence-corrected chi connectivity index (χ1v) is 12.8. The fourth-order valence-corrected chi connectivity index (χ4v) is 5.44. The van der Waals surface area contributed by atoms with Gasteiger partial charge in [-0.15, -0.1) is 0 Å². The Kier molecular flexibility index (Phi) is 5.32. The second-order valence-electron chi connectivity index (χ2n) is 10.3. The summed E-state index contributed by atoms with van der Waals surface area (Å²) in [5.41, 5.74) is 4.68. The highest BCUT2D eigenvalue weighted by Crippen LogP contribution is 2.40. The Balaban J connectivity index is 1.12. The molecule has 5 aromatic rings. The first-order valence-electron chi connectivity index (χ1n) is 12.8. The number of rotatable bonds is 5. The summed E-state index contributed by atoms with van der Waals surface area (Å²) in [6, 6.07) is 7.81. The van der Waals surface area contributed by atoms with E-state index in [1.54, 1.807) is 0 Å². The van der Waals surface area contributed by atoms with Crippen LogP contribution < -0.4 is 14.4 Å². The highest BCUT2D eigenvalue weighted by atomic mass is 19.3. The van der Waals surface area contributed by atoms with Crippen LogP contribution in [-0.2, 0) is 5.41 Å². The molecule has 2 N–H and O–H groups in total. The molecule has 0 unspecified atom stereocenters. The smallest absolute Gasteiger partial charge is 0.333 e. The van der Waals surface area contributed by atoms with Crippen LogP contribution in [0.25, 0.3) is 33.5 Å². The van der Waals surface area contributed by atoms with Crippen molar-refractivity contribution in [3.05, 3.63) is 54.5 Å². The highest BCUT2D eigenvalue weighted by molar-refractivity contribution is 5.91. The predicted molar refractivity (Wildman–Crippen MR) is 140 cm³/mol. The van der Waals surface area contributed by atoms with Gasteiger partial charge in [-0.05, 0) is 44.0 Å². The average molecular weight is 533 g/mol. The van der Waals surface area contributed by atoms with Gasteiger partial charge >= 0.3 is 6.55 Å². The number of aromatic amines is 2. The van der Waals surface area contributed by atoms with E-state index < -0.39 is 6.55 Å². The van der Waals surface area contributed by atoms with Crippen LogP contribution in [0.15, 0.2) is 43.0 Å². The van der Waals surface area contributed by atoms with Gasteiger partial charge in [-0.1, -0.05) is 6.92 Å². The summed E-state index contributed by atoms with van der Waals surface area (Å²) in [4.78, 5) is 23.0. The molecule has 0 amide bonds. The Morgan fingerprint density at radius 2 is 1.85 bits per heavy atom. The average Bonchev–Trinajstić information content (AvgIpc) is 3.73. The molecule has 200 valence electrons. The number of nitrogens with zero attached hydrogens (tertiary/aromatic N) is 6. The summed E-state index contributed by atoms with van der Waals surface area (Å²) in [6.07, 6.45) is 6.02. The van der Waals surface area contributed by atoms with Crippen LogP contribution >= 0.6 is 0 Å². The van der Waals surface area contributed by atoms with Gasteiger partial charge in [0, 0.05) is 41.5 Å². The van der Waals surface area contributed by atoms with Crippen molar-refractivity contribution in [3.63, 3.8) is 0 Å². The molecule has 0 bridgehead atoms. The lowest BCUT2D eigenvalue weighted by molar-refractivity contribution is 0.0566. The van der Waals surface area contributed by atoms with E-state index in [0.717, 1.165) is 71.4 Å². The second-order valence-corrected chi connectivity index (χ2v) is 10.3. The van der Waals surface area contributed by atoms with E-state index in [1.165, 1.54) is 18.7 Å². The number of ether oxygens (including phenoxy) is 2. The quantitative estimate of drug-likeness (QED) is 0.320. The molecule has 1 saturated heterocycles. The number of alkyl halides is 2. The van der Waals surface area contributed by atoms with E-state index in [-0.39, 0.29) is 12.2 Å². The summed E-state index contributed by atoms with van der Waals surface area (Å²) in [5, 5.41) is 4.59. The van der Waals surface area contributed by atoms with Gasteiger partial charge in [-0.3, -0.25) is 0 Å². The number of halogens is 2. The van der Waals surface area contributed by atoms with Crippen molar-refractivity contribution >= 4 is 16.9 Å². The van der Waals surface area contributed by atoms with Crippen molar-refractivity contribution in [2.24, 2.45) is 0 Å². The Labute approximate surface area is 222 Å². The Hall–Kier alpha value is -4.48. The van der Waals surface area contributed by atoms with Gasteiger partial charge < -0.3 is 24.3 Å². The molecule has 4 aromatic heterocycles. The van der Waals surface area contributed by atoms with Crippen molar-refractivity contribution in [2.45, 2.75) is 38.7 Å². The number of H-pyrrole nitrogens is 2. The van der Waals surface area contributed by atoms with E-state index in [0.29, 0.717) is 21.6 Å². The lowest BCUT2D eigenvalue weighted by Crippen LogP contribution is -2.42. The number of piperidine rings is 1. The molecule has 2 aliphatic rings. The second kappa shape index (κ2) is 8.79. The van der Waals surface area contributed by atoms with Gasteiger partial charge in [0.1, 0.15) is 23.6 Å². The first kappa shape index (κ1) is 23.6. The van der Waals surface area contributed by atoms with Gasteiger partial charge in [-0.2, -0.15) is 13.9 Å². The van der Waals surface area contributed by atoms with Crippen LogP contribution in [0, 0.1) is 6.92 Å². The van der Waals surface area contributed by atoms with Crippen LogP contribution in [0.1, 0.15) is 37.8 Å². The SMILES string of the molecule is Cc1[nH]c(C2(C)CCN(c3ncnc4[nH]c(-c5cnn(C(F)F)c5)cc34)CC2)nc1-c1ccc2c(c1)OCO2. The van der Waals surface area contributed by atoms with Crippen LogP contribution in [-0.4, -0.2) is 54.6 Å². The summed E-state index contributed by atoms with van der Waals surface area (Å²) >= 11 is 0. The van der Waals surface area contributed by atoms with Gasteiger partial charge in [0.25, 0.3) is 0 Å². The maximum Gasteiger partial charge on any atom is 0.333 e.